The molecule has 0 aliphatic carbocycles. The summed E-state index contributed by atoms with van der Waals surface area (Å²) >= 11 is 0. The molecule has 0 saturated heterocycles. The monoisotopic (exact) mass is 429 g/mol. The Morgan fingerprint density at radius 2 is 1.71 bits per heavy atom. The molecule has 0 unspecified atom stereocenters. The predicted molar refractivity (Wildman–Crippen MR) is 112 cm³/mol. The first-order valence-electron chi connectivity index (χ1n) is 9.61. The number of anilines is 1. The van der Waals surface area contributed by atoms with Gasteiger partial charge in [-0.3, -0.25) is 19.2 Å². The fourth-order valence-corrected chi connectivity index (χ4v) is 2.73. The second-order valence-electron chi connectivity index (χ2n) is 6.72. The van der Waals surface area contributed by atoms with E-state index in [4.69, 9.17) is 10.5 Å². The van der Waals surface area contributed by atoms with Gasteiger partial charge in [-0.05, 0) is 42.8 Å². The quantitative estimate of drug-likeness (QED) is 0.558. The number of benzene rings is 2. The molecule has 0 atom stereocenters. The number of ether oxygens (including phenoxy) is 1. The number of amides is 3. The minimum Gasteiger partial charge on any atom is -0.455 e. The largest absolute Gasteiger partial charge is 0.455 e. The van der Waals surface area contributed by atoms with E-state index < -0.39 is 30.2 Å². The van der Waals surface area contributed by atoms with Crippen LogP contribution in [0.15, 0.2) is 48.5 Å². The minimum absolute atomic E-state index is 0.0379. The fraction of sp³-hybridized carbons (Fsp3) is 0.273. The third kappa shape index (κ3) is 7.54. The molecule has 2 aromatic rings. The van der Waals surface area contributed by atoms with Crippen LogP contribution in [0.1, 0.15) is 28.8 Å². The van der Waals surface area contributed by atoms with Gasteiger partial charge in [0.1, 0.15) is 5.82 Å². The van der Waals surface area contributed by atoms with Gasteiger partial charge in [0.2, 0.25) is 5.91 Å². The zero-order chi connectivity index (χ0) is 22.8. The number of rotatable bonds is 10. The Balaban J connectivity index is 1.84. The van der Waals surface area contributed by atoms with Crippen LogP contribution < -0.4 is 16.0 Å². The van der Waals surface area contributed by atoms with Crippen LogP contribution in [0.5, 0.6) is 0 Å². The Morgan fingerprint density at radius 1 is 1.03 bits per heavy atom. The van der Waals surface area contributed by atoms with E-state index in [9.17, 15) is 23.6 Å². The van der Waals surface area contributed by atoms with Gasteiger partial charge in [0.25, 0.3) is 11.8 Å². The van der Waals surface area contributed by atoms with E-state index in [1.165, 1.54) is 29.2 Å². The van der Waals surface area contributed by atoms with Crippen LogP contribution >= 0.6 is 0 Å². The van der Waals surface area contributed by atoms with E-state index in [0.29, 0.717) is 11.3 Å². The average molecular weight is 429 g/mol. The summed E-state index contributed by atoms with van der Waals surface area (Å²) < 4.78 is 18.1. The van der Waals surface area contributed by atoms with Gasteiger partial charge < -0.3 is 20.7 Å². The molecule has 2 rings (SSSR count). The van der Waals surface area contributed by atoms with Crippen molar-refractivity contribution in [2.75, 3.05) is 24.6 Å². The molecule has 0 aromatic heterocycles. The third-order valence-electron chi connectivity index (χ3n) is 4.38. The zero-order valence-electron chi connectivity index (χ0n) is 17.1. The summed E-state index contributed by atoms with van der Waals surface area (Å²) in [4.78, 5) is 48.8. The third-order valence-corrected chi connectivity index (χ3v) is 4.38. The van der Waals surface area contributed by atoms with Crippen LogP contribution in [0.3, 0.4) is 0 Å². The van der Waals surface area contributed by atoms with Crippen LogP contribution in [0, 0.1) is 12.7 Å². The van der Waals surface area contributed by atoms with Crippen molar-refractivity contribution < 1.29 is 28.3 Å². The van der Waals surface area contributed by atoms with E-state index in [1.807, 2.05) is 6.07 Å². The van der Waals surface area contributed by atoms with Crippen molar-refractivity contribution in [3.8, 4) is 0 Å². The normalized spacial score (nSPS) is 10.3. The number of hydrogen-bond acceptors (Lipinski definition) is 5. The molecular weight excluding hydrogens is 405 g/mol. The van der Waals surface area contributed by atoms with Crippen molar-refractivity contribution in [1.82, 2.24) is 5.32 Å². The molecule has 164 valence electrons. The first-order valence-corrected chi connectivity index (χ1v) is 9.61. The number of carbonyl (C=O) groups is 4. The summed E-state index contributed by atoms with van der Waals surface area (Å²) in [7, 11) is 0. The summed E-state index contributed by atoms with van der Waals surface area (Å²) in [6, 6.07) is 12.1. The van der Waals surface area contributed by atoms with Crippen LogP contribution in [-0.4, -0.2) is 43.4 Å². The fourth-order valence-electron chi connectivity index (χ4n) is 2.73. The van der Waals surface area contributed by atoms with Gasteiger partial charge in [-0.1, -0.05) is 18.2 Å². The molecule has 8 nitrogen and oxygen atoms in total. The van der Waals surface area contributed by atoms with Crippen LogP contribution in [0.4, 0.5) is 10.1 Å². The lowest BCUT2D eigenvalue weighted by atomic mass is 10.1. The number of carbonyl (C=O) groups excluding carboxylic acids is 4. The maximum absolute atomic E-state index is 13.1. The second-order valence-corrected chi connectivity index (χ2v) is 6.72. The van der Waals surface area contributed by atoms with E-state index in [2.05, 4.69) is 5.32 Å². The SMILES string of the molecule is Cc1ccccc1C(=O)NCCC(=O)OCC(=O)N(CCC(N)=O)c1ccc(F)cc1. The van der Waals surface area contributed by atoms with Crippen LogP contribution in [0.25, 0.3) is 0 Å². The smallest absolute Gasteiger partial charge is 0.308 e. The maximum Gasteiger partial charge on any atom is 0.308 e. The van der Waals surface area contributed by atoms with Gasteiger partial charge in [-0.2, -0.15) is 0 Å². The highest BCUT2D eigenvalue weighted by atomic mass is 19.1. The van der Waals surface area contributed by atoms with E-state index in [0.717, 1.165) is 5.56 Å². The van der Waals surface area contributed by atoms with Gasteiger partial charge >= 0.3 is 5.97 Å². The summed E-state index contributed by atoms with van der Waals surface area (Å²) in [6.45, 7) is 1.24. The lowest BCUT2D eigenvalue weighted by Crippen LogP contribution is -2.37. The van der Waals surface area contributed by atoms with Gasteiger partial charge in [0.15, 0.2) is 6.61 Å². The number of nitrogens with zero attached hydrogens (tertiary/aromatic N) is 1. The molecule has 0 saturated carbocycles. The summed E-state index contributed by atoms with van der Waals surface area (Å²) in [5.74, 6) is -2.67. The van der Waals surface area contributed by atoms with Gasteiger partial charge in [-0.25, -0.2) is 4.39 Å². The highest BCUT2D eigenvalue weighted by molar-refractivity contribution is 5.96. The number of primary amides is 1. The minimum atomic E-state index is -0.674. The van der Waals surface area contributed by atoms with Crippen molar-refractivity contribution >= 4 is 29.4 Å². The molecule has 0 spiro atoms. The Bertz CT molecular complexity index is 946. The number of halogens is 1. The van der Waals surface area contributed by atoms with Crippen LogP contribution in [0.2, 0.25) is 0 Å². The molecule has 3 amide bonds. The van der Waals surface area contributed by atoms with Gasteiger partial charge in [0.05, 0.1) is 6.42 Å². The Kier molecular flexibility index (Phi) is 8.68. The summed E-state index contributed by atoms with van der Waals surface area (Å²) in [5, 5.41) is 2.62. The maximum atomic E-state index is 13.1. The van der Waals surface area contributed by atoms with E-state index in [-0.39, 0.29) is 31.8 Å². The number of hydrogen-bond donors (Lipinski definition) is 2. The van der Waals surface area contributed by atoms with Crippen molar-refractivity contribution in [2.24, 2.45) is 5.73 Å². The van der Waals surface area contributed by atoms with E-state index in [1.54, 1.807) is 25.1 Å². The molecule has 0 fully saturated rings. The molecule has 0 radical (unpaired) electrons. The van der Waals surface area contributed by atoms with E-state index >= 15 is 0 Å². The van der Waals surface area contributed by atoms with Crippen molar-refractivity contribution in [3.63, 3.8) is 0 Å². The second kappa shape index (κ2) is 11.4. The molecular formula is C22H24FN3O5. The Hall–Kier alpha value is -3.75. The molecule has 0 bridgehead atoms. The number of esters is 1. The molecule has 31 heavy (non-hydrogen) atoms. The number of nitrogens with two attached hydrogens (primary N) is 1. The molecule has 3 N–H and O–H groups in total. The number of nitrogens with one attached hydrogen (secondary N) is 1. The van der Waals surface area contributed by atoms with Crippen LogP contribution in [-0.2, 0) is 19.1 Å². The highest BCUT2D eigenvalue weighted by Gasteiger charge is 2.19. The lowest BCUT2D eigenvalue weighted by molar-refractivity contribution is -0.147. The lowest BCUT2D eigenvalue weighted by Gasteiger charge is -2.22. The Labute approximate surface area is 179 Å². The van der Waals surface area contributed by atoms with Gasteiger partial charge in [0, 0.05) is 30.8 Å². The summed E-state index contributed by atoms with van der Waals surface area (Å²) in [5.41, 5.74) is 6.80. The first kappa shape index (κ1) is 23.5. The van der Waals surface area contributed by atoms with Gasteiger partial charge in [-0.15, -0.1) is 0 Å². The van der Waals surface area contributed by atoms with Crippen molar-refractivity contribution in [1.29, 1.82) is 0 Å². The Morgan fingerprint density at radius 3 is 2.35 bits per heavy atom. The number of aryl methyl sites for hydroxylation is 1. The standard InChI is InChI=1S/C22H24FN3O5/c1-15-4-2-3-5-18(15)22(30)25-12-10-21(29)31-14-20(28)26(13-11-19(24)27)17-8-6-16(23)7-9-17/h2-9H,10-14H2,1H3,(H2,24,27)(H,25,30). The zero-order valence-corrected chi connectivity index (χ0v) is 17.1. The molecule has 0 aliphatic heterocycles. The molecule has 2 aromatic carbocycles. The summed E-state index contributed by atoms with van der Waals surface area (Å²) in [6.07, 6.45) is -0.231. The van der Waals surface area contributed by atoms with Crippen molar-refractivity contribution in [2.45, 2.75) is 19.8 Å². The first-order chi connectivity index (χ1) is 14.8. The molecule has 0 heterocycles. The molecule has 9 heteroatoms. The molecule has 0 aliphatic rings. The topological polar surface area (TPSA) is 119 Å². The van der Waals surface area contributed by atoms with Crippen molar-refractivity contribution in [3.05, 3.63) is 65.5 Å². The highest BCUT2D eigenvalue weighted by Crippen LogP contribution is 2.16. The average Bonchev–Trinajstić information content (AvgIpc) is 2.73. The predicted octanol–water partition coefficient (Wildman–Crippen LogP) is 1.71.